The van der Waals surface area contributed by atoms with Crippen LogP contribution in [0.1, 0.15) is 27.6 Å². The van der Waals surface area contributed by atoms with E-state index in [4.69, 9.17) is 11.6 Å². The average molecular weight is 295 g/mol. The van der Waals surface area contributed by atoms with Crippen molar-refractivity contribution in [3.8, 4) is 0 Å². The van der Waals surface area contributed by atoms with Gasteiger partial charge in [0.25, 0.3) is 0 Å². The SMILES string of the molecule is Cc1cc(C)cc(C(Cl)Cc2cccc3ccccc23)c1. The molecule has 0 bridgehead atoms. The summed E-state index contributed by atoms with van der Waals surface area (Å²) in [4.78, 5) is 0. The Kier molecular flexibility index (Phi) is 3.98. The van der Waals surface area contributed by atoms with E-state index in [0.29, 0.717) is 0 Å². The standard InChI is InChI=1S/C20H19Cl/c1-14-10-15(2)12-18(11-14)20(21)13-17-8-5-7-16-6-3-4-9-19(16)17/h3-12,20H,13H2,1-2H3. The van der Waals surface area contributed by atoms with Crippen LogP contribution in [0.2, 0.25) is 0 Å². The third-order valence-corrected chi connectivity index (χ3v) is 4.29. The van der Waals surface area contributed by atoms with Gasteiger partial charge in [0.05, 0.1) is 5.38 Å². The first-order valence-electron chi connectivity index (χ1n) is 7.32. The highest BCUT2D eigenvalue weighted by Crippen LogP contribution is 2.29. The van der Waals surface area contributed by atoms with Gasteiger partial charge in [0.15, 0.2) is 0 Å². The van der Waals surface area contributed by atoms with Crippen molar-refractivity contribution in [3.63, 3.8) is 0 Å². The maximum absolute atomic E-state index is 6.69. The Balaban J connectivity index is 1.94. The molecule has 0 heterocycles. The largest absolute Gasteiger partial charge is 0.117 e. The van der Waals surface area contributed by atoms with Gasteiger partial charge in [-0.05, 0) is 42.2 Å². The molecule has 0 aromatic heterocycles. The summed E-state index contributed by atoms with van der Waals surface area (Å²) >= 11 is 6.69. The predicted octanol–water partition coefficient (Wildman–Crippen LogP) is 5.98. The number of aryl methyl sites for hydroxylation is 2. The number of benzene rings is 3. The van der Waals surface area contributed by atoms with Gasteiger partial charge in [0.2, 0.25) is 0 Å². The maximum Gasteiger partial charge on any atom is 0.0625 e. The zero-order valence-electron chi connectivity index (χ0n) is 12.4. The Morgan fingerprint density at radius 1 is 0.857 bits per heavy atom. The van der Waals surface area contributed by atoms with E-state index < -0.39 is 0 Å². The van der Waals surface area contributed by atoms with Crippen LogP contribution in [0.15, 0.2) is 60.7 Å². The molecule has 0 spiro atoms. The Morgan fingerprint density at radius 3 is 2.29 bits per heavy atom. The Bertz CT molecular complexity index is 748. The van der Waals surface area contributed by atoms with Crippen molar-refractivity contribution in [1.29, 1.82) is 0 Å². The van der Waals surface area contributed by atoms with Crippen molar-refractivity contribution in [2.24, 2.45) is 0 Å². The number of rotatable bonds is 3. The molecule has 3 aromatic rings. The van der Waals surface area contributed by atoms with Crippen LogP contribution < -0.4 is 0 Å². The molecule has 0 aliphatic heterocycles. The van der Waals surface area contributed by atoms with Crippen LogP contribution in [0, 0.1) is 13.8 Å². The molecule has 0 amide bonds. The second-order valence-corrected chi connectivity index (χ2v) is 6.26. The summed E-state index contributed by atoms with van der Waals surface area (Å²) in [6.45, 7) is 4.25. The zero-order chi connectivity index (χ0) is 14.8. The fraction of sp³-hybridized carbons (Fsp3) is 0.200. The van der Waals surface area contributed by atoms with E-state index in [-0.39, 0.29) is 5.38 Å². The number of hydrogen-bond acceptors (Lipinski definition) is 0. The Morgan fingerprint density at radius 2 is 1.52 bits per heavy atom. The third kappa shape index (κ3) is 3.11. The fourth-order valence-corrected chi connectivity index (χ4v) is 3.26. The van der Waals surface area contributed by atoms with Gasteiger partial charge in [-0.2, -0.15) is 0 Å². The quantitative estimate of drug-likeness (QED) is 0.521. The molecule has 3 rings (SSSR count). The summed E-state index contributed by atoms with van der Waals surface area (Å²) in [6.07, 6.45) is 0.853. The predicted molar refractivity (Wildman–Crippen MR) is 92.2 cm³/mol. The van der Waals surface area contributed by atoms with Crippen LogP contribution in [-0.4, -0.2) is 0 Å². The summed E-state index contributed by atoms with van der Waals surface area (Å²) in [5.41, 5.74) is 5.07. The molecule has 0 saturated carbocycles. The van der Waals surface area contributed by atoms with Crippen LogP contribution in [0.5, 0.6) is 0 Å². The van der Waals surface area contributed by atoms with Crippen LogP contribution in [0.3, 0.4) is 0 Å². The molecule has 0 aliphatic rings. The van der Waals surface area contributed by atoms with Crippen molar-refractivity contribution in [3.05, 3.63) is 82.9 Å². The van der Waals surface area contributed by atoms with Gasteiger partial charge in [-0.25, -0.2) is 0 Å². The molecule has 21 heavy (non-hydrogen) atoms. The van der Waals surface area contributed by atoms with E-state index in [0.717, 1.165) is 6.42 Å². The molecule has 0 aliphatic carbocycles. The number of halogens is 1. The summed E-state index contributed by atoms with van der Waals surface area (Å²) < 4.78 is 0. The highest BCUT2D eigenvalue weighted by Gasteiger charge is 2.11. The lowest BCUT2D eigenvalue weighted by Crippen LogP contribution is -1.98. The van der Waals surface area contributed by atoms with E-state index in [1.807, 2.05) is 0 Å². The van der Waals surface area contributed by atoms with Gasteiger partial charge < -0.3 is 0 Å². The molecule has 0 N–H and O–H groups in total. The van der Waals surface area contributed by atoms with Crippen molar-refractivity contribution >= 4 is 22.4 Å². The van der Waals surface area contributed by atoms with E-state index in [2.05, 4.69) is 74.5 Å². The fourth-order valence-electron chi connectivity index (χ4n) is 2.97. The Labute approximate surface area is 131 Å². The van der Waals surface area contributed by atoms with Gasteiger partial charge in [0, 0.05) is 0 Å². The van der Waals surface area contributed by atoms with E-state index in [1.54, 1.807) is 0 Å². The highest BCUT2D eigenvalue weighted by molar-refractivity contribution is 6.21. The highest BCUT2D eigenvalue weighted by atomic mass is 35.5. The second kappa shape index (κ2) is 5.91. The zero-order valence-corrected chi connectivity index (χ0v) is 13.2. The normalized spacial score (nSPS) is 12.5. The van der Waals surface area contributed by atoms with Crippen LogP contribution in [0.25, 0.3) is 10.8 Å². The topological polar surface area (TPSA) is 0 Å². The summed E-state index contributed by atoms with van der Waals surface area (Å²) in [7, 11) is 0. The van der Waals surface area contributed by atoms with Gasteiger partial charge in [0.1, 0.15) is 0 Å². The molecule has 1 atom stereocenters. The molecule has 0 nitrogen and oxygen atoms in total. The number of fused-ring (bicyclic) bond motifs is 1. The molecular formula is C20H19Cl. The molecule has 106 valence electrons. The monoisotopic (exact) mass is 294 g/mol. The minimum atomic E-state index is 0.00871. The lowest BCUT2D eigenvalue weighted by Gasteiger charge is -2.14. The number of alkyl halides is 1. The smallest absolute Gasteiger partial charge is 0.0625 e. The molecule has 1 unspecified atom stereocenters. The van der Waals surface area contributed by atoms with Crippen molar-refractivity contribution < 1.29 is 0 Å². The van der Waals surface area contributed by atoms with Crippen LogP contribution in [0.4, 0.5) is 0 Å². The first kappa shape index (κ1) is 14.2. The lowest BCUT2D eigenvalue weighted by molar-refractivity contribution is 0.923. The maximum atomic E-state index is 6.69. The Hall–Kier alpha value is -1.79. The lowest BCUT2D eigenvalue weighted by atomic mass is 9.97. The molecular weight excluding hydrogens is 276 g/mol. The van der Waals surface area contributed by atoms with Crippen LogP contribution in [-0.2, 0) is 6.42 Å². The van der Waals surface area contributed by atoms with Gasteiger partial charge >= 0.3 is 0 Å². The molecule has 0 saturated heterocycles. The summed E-state index contributed by atoms with van der Waals surface area (Å²) in [5, 5.41) is 2.59. The summed E-state index contributed by atoms with van der Waals surface area (Å²) in [5.74, 6) is 0. The van der Waals surface area contributed by atoms with Crippen LogP contribution >= 0.6 is 11.6 Å². The second-order valence-electron chi connectivity index (χ2n) is 5.73. The summed E-state index contributed by atoms with van der Waals surface area (Å²) in [6, 6.07) is 21.5. The minimum Gasteiger partial charge on any atom is -0.117 e. The van der Waals surface area contributed by atoms with Gasteiger partial charge in [-0.3, -0.25) is 0 Å². The van der Waals surface area contributed by atoms with Crippen molar-refractivity contribution in [2.45, 2.75) is 25.6 Å². The number of hydrogen-bond donors (Lipinski definition) is 0. The van der Waals surface area contributed by atoms with E-state index >= 15 is 0 Å². The van der Waals surface area contributed by atoms with Crippen molar-refractivity contribution in [2.75, 3.05) is 0 Å². The van der Waals surface area contributed by atoms with E-state index in [9.17, 15) is 0 Å². The molecule has 0 radical (unpaired) electrons. The van der Waals surface area contributed by atoms with Crippen molar-refractivity contribution in [1.82, 2.24) is 0 Å². The first-order valence-corrected chi connectivity index (χ1v) is 7.76. The third-order valence-electron chi connectivity index (χ3n) is 3.88. The molecule has 0 fully saturated rings. The molecule has 3 aromatic carbocycles. The first-order chi connectivity index (χ1) is 10.1. The minimum absolute atomic E-state index is 0.00871. The van der Waals surface area contributed by atoms with E-state index in [1.165, 1.54) is 33.0 Å². The molecule has 1 heteroatoms. The van der Waals surface area contributed by atoms with Gasteiger partial charge in [-0.15, -0.1) is 11.6 Å². The average Bonchev–Trinajstić information content (AvgIpc) is 2.46. The van der Waals surface area contributed by atoms with Gasteiger partial charge in [-0.1, -0.05) is 71.8 Å².